The third-order valence-corrected chi connectivity index (χ3v) is 4.53. The van der Waals surface area contributed by atoms with E-state index in [2.05, 4.69) is 15.5 Å². The van der Waals surface area contributed by atoms with Crippen molar-refractivity contribution in [2.24, 2.45) is 5.92 Å². The first-order valence-corrected chi connectivity index (χ1v) is 8.69. The van der Waals surface area contributed by atoms with Gasteiger partial charge in [0, 0.05) is 12.2 Å². The lowest BCUT2D eigenvalue weighted by molar-refractivity contribution is -0.136. The highest BCUT2D eigenvalue weighted by Crippen LogP contribution is 2.18. The zero-order valence-corrected chi connectivity index (χ0v) is 14.4. The van der Waals surface area contributed by atoms with E-state index in [9.17, 15) is 14.0 Å². The summed E-state index contributed by atoms with van der Waals surface area (Å²) >= 11 is 0. The Morgan fingerprint density at radius 2 is 1.85 bits per heavy atom. The molecule has 1 saturated heterocycles. The fraction of sp³-hybridized carbons (Fsp3) is 0.368. The van der Waals surface area contributed by atoms with Crippen LogP contribution in [-0.2, 0) is 16.1 Å². The molecule has 138 valence electrons. The van der Waals surface area contributed by atoms with Crippen LogP contribution in [0, 0.1) is 11.7 Å². The molecule has 1 aromatic heterocycles. The number of amides is 2. The van der Waals surface area contributed by atoms with E-state index >= 15 is 0 Å². The molecule has 0 saturated carbocycles. The summed E-state index contributed by atoms with van der Waals surface area (Å²) in [5, 5.41) is 5.13. The number of carbonyl (C=O) groups excluding carboxylic acids is 2. The molecular formula is C19H22FN3O3. The van der Waals surface area contributed by atoms with Crippen molar-refractivity contribution in [3.63, 3.8) is 0 Å². The van der Waals surface area contributed by atoms with Gasteiger partial charge in [0.2, 0.25) is 0 Å². The quantitative estimate of drug-likeness (QED) is 0.804. The monoisotopic (exact) mass is 359 g/mol. The van der Waals surface area contributed by atoms with Crippen molar-refractivity contribution in [2.45, 2.75) is 19.4 Å². The minimum absolute atomic E-state index is 0.352. The van der Waals surface area contributed by atoms with Gasteiger partial charge in [-0.25, -0.2) is 4.39 Å². The Kier molecular flexibility index (Phi) is 6.01. The second-order valence-electron chi connectivity index (χ2n) is 6.47. The minimum atomic E-state index is -0.744. The Balaban J connectivity index is 1.36. The van der Waals surface area contributed by atoms with Crippen LogP contribution in [0.2, 0.25) is 0 Å². The number of nitrogens with zero attached hydrogens (tertiary/aromatic N) is 1. The van der Waals surface area contributed by atoms with Gasteiger partial charge >= 0.3 is 11.8 Å². The van der Waals surface area contributed by atoms with Gasteiger partial charge in [-0.3, -0.25) is 14.5 Å². The average Bonchev–Trinajstić information content (AvgIpc) is 3.16. The molecule has 1 fully saturated rings. The molecule has 0 bridgehead atoms. The average molecular weight is 359 g/mol. The van der Waals surface area contributed by atoms with Crippen LogP contribution in [0.25, 0.3) is 0 Å². The largest absolute Gasteiger partial charge is 0.468 e. The predicted molar refractivity (Wildman–Crippen MR) is 94.7 cm³/mol. The van der Waals surface area contributed by atoms with E-state index in [1.54, 1.807) is 6.26 Å². The molecule has 0 unspecified atom stereocenters. The molecule has 1 aliphatic rings. The molecule has 0 spiro atoms. The molecule has 0 radical (unpaired) electrons. The molecule has 3 rings (SSSR count). The standard InChI is InChI=1S/C19H22FN3O3/c20-15-3-5-16(6-4-15)22-19(25)18(24)21-12-14-7-9-23(10-8-14)13-17-2-1-11-26-17/h1-6,11,14H,7-10,12-13H2,(H,21,24)(H,22,25). The van der Waals surface area contributed by atoms with Gasteiger partial charge in [-0.05, 0) is 68.2 Å². The van der Waals surface area contributed by atoms with E-state index in [-0.39, 0.29) is 0 Å². The molecule has 7 heteroatoms. The van der Waals surface area contributed by atoms with Crippen molar-refractivity contribution in [3.8, 4) is 0 Å². The number of halogens is 1. The summed E-state index contributed by atoms with van der Waals surface area (Å²) in [6, 6.07) is 9.12. The molecule has 2 amide bonds. The first-order chi connectivity index (χ1) is 12.6. The van der Waals surface area contributed by atoms with Gasteiger partial charge in [0.15, 0.2) is 0 Å². The van der Waals surface area contributed by atoms with E-state index in [0.29, 0.717) is 18.2 Å². The van der Waals surface area contributed by atoms with Gasteiger partial charge in [-0.1, -0.05) is 0 Å². The number of anilines is 1. The lowest BCUT2D eigenvalue weighted by atomic mass is 9.96. The second kappa shape index (κ2) is 8.62. The van der Waals surface area contributed by atoms with Crippen molar-refractivity contribution in [3.05, 3.63) is 54.2 Å². The zero-order chi connectivity index (χ0) is 18.4. The van der Waals surface area contributed by atoms with E-state index in [4.69, 9.17) is 4.42 Å². The van der Waals surface area contributed by atoms with Crippen LogP contribution in [0.5, 0.6) is 0 Å². The van der Waals surface area contributed by atoms with Gasteiger partial charge in [0.05, 0.1) is 12.8 Å². The summed E-state index contributed by atoms with van der Waals surface area (Å²) in [5.41, 5.74) is 0.387. The van der Waals surface area contributed by atoms with Gasteiger partial charge in [-0.15, -0.1) is 0 Å². The number of hydrogen-bond donors (Lipinski definition) is 2. The Labute approximate surface area is 151 Å². The highest BCUT2D eigenvalue weighted by Gasteiger charge is 2.21. The maximum atomic E-state index is 12.8. The van der Waals surface area contributed by atoms with E-state index in [1.165, 1.54) is 24.3 Å². The number of nitrogens with one attached hydrogen (secondary N) is 2. The van der Waals surface area contributed by atoms with Gasteiger partial charge in [0.25, 0.3) is 0 Å². The summed E-state index contributed by atoms with van der Waals surface area (Å²) in [6.45, 7) is 3.14. The van der Waals surface area contributed by atoms with Crippen LogP contribution in [0.1, 0.15) is 18.6 Å². The van der Waals surface area contributed by atoms with Crippen LogP contribution >= 0.6 is 0 Å². The highest BCUT2D eigenvalue weighted by molar-refractivity contribution is 6.39. The molecule has 0 aliphatic carbocycles. The summed E-state index contributed by atoms with van der Waals surface area (Å²) < 4.78 is 18.2. The van der Waals surface area contributed by atoms with E-state index in [1.807, 2.05) is 12.1 Å². The number of benzene rings is 1. The number of rotatable bonds is 5. The summed E-state index contributed by atoms with van der Waals surface area (Å²) in [6.07, 6.45) is 3.59. The molecule has 26 heavy (non-hydrogen) atoms. The summed E-state index contributed by atoms with van der Waals surface area (Å²) in [4.78, 5) is 26.1. The van der Waals surface area contributed by atoms with Crippen LogP contribution in [0.3, 0.4) is 0 Å². The van der Waals surface area contributed by atoms with Crippen LogP contribution in [0.15, 0.2) is 47.1 Å². The second-order valence-corrected chi connectivity index (χ2v) is 6.47. The molecular weight excluding hydrogens is 337 g/mol. The van der Waals surface area contributed by atoms with Crippen LogP contribution in [0.4, 0.5) is 10.1 Å². The van der Waals surface area contributed by atoms with Crippen LogP contribution < -0.4 is 10.6 Å². The third-order valence-electron chi connectivity index (χ3n) is 4.53. The first kappa shape index (κ1) is 18.1. The van der Waals surface area contributed by atoms with Gasteiger partial charge < -0.3 is 15.1 Å². The number of furan rings is 1. The number of likely N-dealkylation sites (tertiary alicyclic amines) is 1. The van der Waals surface area contributed by atoms with Crippen molar-refractivity contribution in [1.82, 2.24) is 10.2 Å². The Morgan fingerprint density at radius 1 is 1.12 bits per heavy atom. The SMILES string of the molecule is O=C(NCC1CCN(Cc2ccco2)CC1)C(=O)Nc1ccc(F)cc1. The summed E-state index contributed by atoms with van der Waals surface area (Å²) in [7, 11) is 0. The summed E-state index contributed by atoms with van der Waals surface area (Å²) in [5.74, 6) is -0.510. The van der Waals surface area contributed by atoms with Crippen molar-refractivity contribution < 1.29 is 18.4 Å². The third kappa shape index (κ3) is 5.16. The fourth-order valence-electron chi connectivity index (χ4n) is 3.01. The highest BCUT2D eigenvalue weighted by atomic mass is 19.1. The molecule has 0 atom stereocenters. The molecule has 6 nitrogen and oxygen atoms in total. The fourth-order valence-corrected chi connectivity index (χ4v) is 3.01. The number of piperidine rings is 1. The van der Waals surface area contributed by atoms with E-state index in [0.717, 1.165) is 38.2 Å². The van der Waals surface area contributed by atoms with Crippen molar-refractivity contribution in [2.75, 3.05) is 25.0 Å². The van der Waals surface area contributed by atoms with Crippen LogP contribution in [-0.4, -0.2) is 36.3 Å². The lowest BCUT2D eigenvalue weighted by Crippen LogP contribution is -2.41. The first-order valence-electron chi connectivity index (χ1n) is 8.69. The van der Waals surface area contributed by atoms with Gasteiger partial charge in [0.1, 0.15) is 11.6 Å². The lowest BCUT2D eigenvalue weighted by Gasteiger charge is -2.31. The van der Waals surface area contributed by atoms with E-state index < -0.39 is 17.6 Å². The molecule has 2 heterocycles. The number of hydrogen-bond acceptors (Lipinski definition) is 4. The topological polar surface area (TPSA) is 74.6 Å². The molecule has 2 N–H and O–H groups in total. The zero-order valence-electron chi connectivity index (χ0n) is 14.4. The Hall–Kier alpha value is -2.67. The van der Waals surface area contributed by atoms with Crippen molar-refractivity contribution >= 4 is 17.5 Å². The molecule has 2 aromatic rings. The number of carbonyl (C=O) groups is 2. The Morgan fingerprint density at radius 3 is 2.50 bits per heavy atom. The minimum Gasteiger partial charge on any atom is -0.468 e. The maximum absolute atomic E-state index is 12.8. The van der Waals surface area contributed by atoms with Gasteiger partial charge in [-0.2, -0.15) is 0 Å². The smallest absolute Gasteiger partial charge is 0.313 e. The normalized spacial score (nSPS) is 15.6. The predicted octanol–water partition coefficient (Wildman–Crippen LogP) is 2.39. The maximum Gasteiger partial charge on any atom is 0.313 e. The Bertz CT molecular complexity index is 723. The van der Waals surface area contributed by atoms with Crippen molar-refractivity contribution in [1.29, 1.82) is 0 Å². The molecule has 1 aromatic carbocycles. The molecule has 1 aliphatic heterocycles.